The van der Waals surface area contributed by atoms with Crippen LogP contribution in [0.25, 0.3) is 0 Å². The molecule has 1 nitrogen and oxygen atoms in total. The normalized spacial score (nSPS) is 31.8. The Bertz CT molecular complexity index is 143. The molecule has 0 aromatic heterocycles. The van der Waals surface area contributed by atoms with Crippen LogP contribution in [0.15, 0.2) is 0 Å². The van der Waals surface area contributed by atoms with Crippen LogP contribution in [0, 0.1) is 10.8 Å². The molecule has 0 atom stereocenters. The van der Waals surface area contributed by atoms with Gasteiger partial charge in [0.15, 0.2) is 0 Å². The van der Waals surface area contributed by atoms with Gasteiger partial charge in [0.05, 0.1) is 0 Å². The van der Waals surface area contributed by atoms with E-state index in [9.17, 15) is 0 Å². The van der Waals surface area contributed by atoms with Gasteiger partial charge in [0.25, 0.3) is 0 Å². The number of nitrogens with two attached hydrogens (primary N) is 1. The van der Waals surface area contributed by atoms with E-state index >= 15 is 0 Å². The minimum Gasteiger partial charge on any atom is -0.330 e. The Kier molecular flexibility index (Phi) is 1.17. The predicted molar refractivity (Wildman–Crippen MR) is 42.7 cm³/mol. The van der Waals surface area contributed by atoms with Gasteiger partial charge in [-0.05, 0) is 49.5 Å². The average molecular weight is 139 g/mol. The second-order valence-corrected chi connectivity index (χ2v) is 4.69. The molecule has 0 bridgehead atoms. The Morgan fingerprint density at radius 1 is 1.20 bits per heavy atom. The number of hydrogen-bond donors (Lipinski definition) is 1. The zero-order chi connectivity index (χ0) is 7.24. The van der Waals surface area contributed by atoms with Gasteiger partial charge in [-0.2, -0.15) is 0 Å². The zero-order valence-corrected chi connectivity index (χ0v) is 6.82. The summed E-state index contributed by atoms with van der Waals surface area (Å²) in [5.74, 6) is 0. The molecule has 0 saturated heterocycles. The third kappa shape index (κ3) is 1.07. The molecular formula is C9H17N. The topological polar surface area (TPSA) is 26.0 Å². The summed E-state index contributed by atoms with van der Waals surface area (Å²) in [5, 5.41) is 0. The molecule has 2 aliphatic rings. The molecule has 0 aromatic rings. The van der Waals surface area contributed by atoms with E-state index < -0.39 is 0 Å². The summed E-state index contributed by atoms with van der Waals surface area (Å²) in [6.07, 6.45) is 7.12. The second-order valence-electron chi connectivity index (χ2n) is 4.69. The van der Waals surface area contributed by atoms with E-state index in [0.717, 1.165) is 12.0 Å². The summed E-state index contributed by atoms with van der Waals surface area (Å²) in [5.41, 5.74) is 7.04. The summed E-state index contributed by atoms with van der Waals surface area (Å²) in [4.78, 5) is 0. The van der Waals surface area contributed by atoms with Crippen LogP contribution in [-0.2, 0) is 0 Å². The molecular weight excluding hydrogens is 122 g/mol. The van der Waals surface area contributed by atoms with Gasteiger partial charge < -0.3 is 5.73 Å². The third-order valence-corrected chi connectivity index (χ3v) is 3.30. The van der Waals surface area contributed by atoms with Crippen molar-refractivity contribution in [2.75, 3.05) is 6.54 Å². The number of hydrogen-bond acceptors (Lipinski definition) is 1. The van der Waals surface area contributed by atoms with Gasteiger partial charge in [0.2, 0.25) is 0 Å². The van der Waals surface area contributed by atoms with Crippen LogP contribution in [0.2, 0.25) is 0 Å². The fraction of sp³-hybridized carbons (Fsp3) is 1.00. The van der Waals surface area contributed by atoms with Crippen LogP contribution in [0.1, 0.15) is 39.0 Å². The van der Waals surface area contributed by atoms with E-state index in [1.165, 1.54) is 32.1 Å². The molecule has 58 valence electrons. The molecule has 0 unspecified atom stereocenters. The second kappa shape index (κ2) is 1.76. The standard InChI is InChI=1S/C9H17N/c1-8(2-3-8)6-9(7-10)4-5-9/h2-7,10H2,1H3. The minimum absolute atomic E-state index is 0.616. The maximum atomic E-state index is 5.70. The smallest absolute Gasteiger partial charge is 0.00203 e. The van der Waals surface area contributed by atoms with Crippen LogP contribution in [0.4, 0.5) is 0 Å². The molecule has 2 fully saturated rings. The van der Waals surface area contributed by atoms with Crippen LogP contribution in [0.3, 0.4) is 0 Å². The first-order valence-corrected chi connectivity index (χ1v) is 4.38. The largest absolute Gasteiger partial charge is 0.330 e. The lowest BCUT2D eigenvalue weighted by Crippen LogP contribution is -2.18. The molecule has 2 N–H and O–H groups in total. The van der Waals surface area contributed by atoms with E-state index in [0.29, 0.717) is 5.41 Å². The van der Waals surface area contributed by atoms with Gasteiger partial charge in [0, 0.05) is 0 Å². The molecule has 0 radical (unpaired) electrons. The third-order valence-electron chi connectivity index (χ3n) is 3.30. The monoisotopic (exact) mass is 139 g/mol. The van der Waals surface area contributed by atoms with Gasteiger partial charge in [-0.3, -0.25) is 0 Å². The lowest BCUT2D eigenvalue weighted by atomic mass is 9.91. The first-order chi connectivity index (χ1) is 4.68. The van der Waals surface area contributed by atoms with Crippen molar-refractivity contribution in [1.82, 2.24) is 0 Å². The Hall–Kier alpha value is -0.0400. The summed E-state index contributed by atoms with van der Waals surface area (Å²) >= 11 is 0. The van der Waals surface area contributed by atoms with Gasteiger partial charge in [-0.1, -0.05) is 6.92 Å². The van der Waals surface area contributed by atoms with Crippen molar-refractivity contribution in [2.24, 2.45) is 16.6 Å². The van der Waals surface area contributed by atoms with Gasteiger partial charge in [-0.25, -0.2) is 0 Å². The first-order valence-electron chi connectivity index (χ1n) is 4.38. The van der Waals surface area contributed by atoms with Crippen molar-refractivity contribution in [3.63, 3.8) is 0 Å². The Labute approximate surface area is 63.0 Å². The zero-order valence-electron chi connectivity index (χ0n) is 6.82. The summed E-state index contributed by atoms with van der Waals surface area (Å²) in [6, 6.07) is 0. The maximum absolute atomic E-state index is 5.70. The fourth-order valence-corrected chi connectivity index (χ4v) is 1.93. The quantitative estimate of drug-likeness (QED) is 0.635. The van der Waals surface area contributed by atoms with E-state index in [1.807, 2.05) is 0 Å². The van der Waals surface area contributed by atoms with E-state index in [2.05, 4.69) is 6.92 Å². The Balaban J connectivity index is 1.89. The van der Waals surface area contributed by atoms with Gasteiger partial charge in [0.1, 0.15) is 0 Å². The summed E-state index contributed by atoms with van der Waals surface area (Å²) in [7, 11) is 0. The number of rotatable bonds is 3. The van der Waals surface area contributed by atoms with Crippen LogP contribution in [0.5, 0.6) is 0 Å². The SMILES string of the molecule is CC1(CC2(CN)CC2)CC1. The predicted octanol–water partition coefficient (Wildman–Crippen LogP) is 1.92. The molecule has 0 spiro atoms. The highest BCUT2D eigenvalue weighted by molar-refractivity contribution is 5.02. The first kappa shape index (κ1) is 6.66. The Morgan fingerprint density at radius 3 is 2.10 bits per heavy atom. The van der Waals surface area contributed by atoms with Crippen LogP contribution >= 0.6 is 0 Å². The molecule has 0 aromatic carbocycles. The van der Waals surface area contributed by atoms with Crippen LogP contribution < -0.4 is 5.73 Å². The molecule has 0 aliphatic heterocycles. The Morgan fingerprint density at radius 2 is 1.80 bits per heavy atom. The van der Waals surface area contributed by atoms with Crippen molar-refractivity contribution in [1.29, 1.82) is 0 Å². The van der Waals surface area contributed by atoms with Crippen molar-refractivity contribution in [3.05, 3.63) is 0 Å². The van der Waals surface area contributed by atoms with Crippen molar-refractivity contribution in [3.8, 4) is 0 Å². The molecule has 10 heavy (non-hydrogen) atoms. The van der Waals surface area contributed by atoms with Crippen molar-refractivity contribution < 1.29 is 0 Å². The maximum Gasteiger partial charge on any atom is -0.00203 e. The lowest BCUT2D eigenvalue weighted by molar-refractivity contribution is 0.362. The highest BCUT2D eigenvalue weighted by Crippen LogP contribution is 2.60. The average Bonchev–Trinajstić information content (AvgIpc) is 2.76. The molecule has 0 amide bonds. The molecule has 2 saturated carbocycles. The van der Waals surface area contributed by atoms with E-state index in [4.69, 9.17) is 5.73 Å². The summed E-state index contributed by atoms with van der Waals surface area (Å²) in [6.45, 7) is 3.34. The highest BCUT2D eigenvalue weighted by atomic mass is 14.7. The highest BCUT2D eigenvalue weighted by Gasteiger charge is 2.50. The molecule has 0 heterocycles. The van der Waals surface area contributed by atoms with E-state index in [1.54, 1.807) is 0 Å². The minimum atomic E-state index is 0.616. The summed E-state index contributed by atoms with van der Waals surface area (Å²) < 4.78 is 0. The van der Waals surface area contributed by atoms with Crippen molar-refractivity contribution in [2.45, 2.75) is 39.0 Å². The lowest BCUT2D eigenvalue weighted by Gasteiger charge is -2.16. The van der Waals surface area contributed by atoms with Crippen molar-refractivity contribution >= 4 is 0 Å². The fourth-order valence-electron chi connectivity index (χ4n) is 1.93. The van der Waals surface area contributed by atoms with E-state index in [-0.39, 0.29) is 0 Å². The van der Waals surface area contributed by atoms with Gasteiger partial charge >= 0.3 is 0 Å². The van der Waals surface area contributed by atoms with Crippen LogP contribution in [-0.4, -0.2) is 6.54 Å². The molecule has 2 aliphatic carbocycles. The van der Waals surface area contributed by atoms with Gasteiger partial charge in [-0.15, -0.1) is 0 Å². The molecule has 2 rings (SSSR count). The molecule has 1 heteroatoms.